The maximum atomic E-state index is 12.6. The van der Waals surface area contributed by atoms with Gasteiger partial charge >= 0.3 is 23.9 Å². The van der Waals surface area contributed by atoms with Gasteiger partial charge in [-0.2, -0.15) is 0 Å². The molecule has 50 heavy (non-hydrogen) atoms. The summed E-state index contributed by atoms with van der Waals surface area (Å²) in [7, 11) is 0. The lowest BCUT2D eigenvalue weighted by Crippen LogP contribution is -2.48. The van der Waals surface area contributed by atoms with E-state index < -0.39 is 41.2 Å². The monoisotopic (exact) mass is 696 g/mol. The molecule has 0 aromatic rings. The predicted octanol–water partition coefficient (Wildman–Crippen LogP) is 6.90. The standard InChI is InChI=1S/C20H30O5.C20H26O5/c2*1-13(2)6-5-7-14(3)10-18-20(12-19(23)25-18)11-16(24-15(4)21)8-9-17(20)22/h6,10,16-18,22H,5,7-9,11-12H2,1-4H3;6,8-10,16,18H,5,7,11-12H2,1-4H3/b2*14-10+/t16-,17?,18-,20?;16-,18-,20?/m11/s1. The second-order valence-corrected chi connectivity index (χ2v) is 14.8. The Labute approximate surface area is 297 Å². The van der Waals surface area contributed by atoms with Crippen LogP contribution in [0.15, 0.2) is 58.7 Å². The molecule has 1 N–H and O–H groups in total. The molecule has 0 radical (unpaired) electrons. The van der Waals surface area contributed by atoms with Crippen molar-refractivity contribution in [2.75, 3.05) is 0 Å². The first-order chi connectivity index (χ1) is 23.4. The van der Waals surface area contributed by atoms with Crippen LogP contribution in [-0.2, 0) is 42.9 Å². The molecule has 4 aliphatic rings. The van der Waals surface area contributed by atoms with Gasteiger partial charge in [-0.3, -0.25) is 24.0 Å². The highest BCUT2D eigenvalue weighted by Gasteiger charge is 2.57. The summed E-state index contributed by atoms with van der Waals surface area (Å²) in [6.45, 7) is 15.0. The molecular weight excluding hydrogens is 640 g/mol. The molecule has 3 fully saturated rings. The van der Waals surface area contributed by atoms with E-state index >= 15 is 0 Å². The summed E-state index contributed by atoms with van der Waals surface area (Å²) >= 11 is 0. The predicted molar refractivity (Wildman–Crippen MR) is 188 cm³/mol. The van der Waals surface area contributed by atoms with Crippen molar-refractivity contribution >= 4 is 29.7 Å². The molecule has 2 heterocycles. The Kier molecular flexibility index (Phi) is 14.6. The molecule has 2 aliphatic heterocycles. The van der Waals surface area contributed by atoms with Gasteiger partial charge in [0.2, 0.25) is 0 Å². The van der Waals surface area contributed by atoms with Crippen LogP contribution in [0.4, 0.5) is 0 Å². The minimum absolute atomic E-state index is 0.0242. The molecule has 1 saturated carbocycles. The number of aliphatic hydroxyl groups is 1. The lowest BCUT2D eigenvalue weighted by atomic mass is 9.66. The summed E-state index contributed by atoms with van der Waals surface area (Å²) in [5.41, 5.74) is 3.09. The molecule has 10 heteroatoms. The summed E-state index contributed by atoms with van der Waals surface area (Å²) in [6.07, 6.45) is 14.4. The second kappa shape index (κ2) is 17.9. The molecule has 2 spiro atoms. The number of rotatable bonds is 10. The zero-order chi connectivity index (χ0) is 37.2. The quantitative estimate of drug-likeness (QED) is 0.146. The number of ketones is 1. The minimum Gasteiger partial charge on any atom is -0.463 e. The third kappa shape index (κ3) is 11.1. The van der Waals surface area contributed by atoms with Gasteiger partial charge in [0, 0.05) is 20.3 Å². The lowest BCUT2D eigenvalue weighted by Gasteiger charge is -2.42. The first-order valence-corrected chi connectivity index (χ1v) is 17.7. The van der Waals surface area contributed by atoms with E-state index in [-0.39, 0.29) is 49.1 Å². The summed E-state index contributed by atoms with van der Waals surface area (Å²) in [5, 5.41) is 10.6. The molecule has 2 saturated heterocycles. The van der Waals surface area contributed by atoms with Crippen molar-refractivity contribution < 1.29 is 48.0 Å². The smallest absolute Gasteiger partial charge is 0.307 e. The van der Waals surface area contributed by atoms with Gasteiger partial charge in [0.05, 0.1) is 29.8 Å². The van der Waals surface area contributed by atoms with Crippen LogP contribution in [0, 0.1) is 10.8 Å². The molecule has 3 unspecified atom stereocenters. The Balaban J connectivity index is 0.000000270. The average molecular weight is 697 g/mol. The van der Waals surface area contributed by atoms with Crippen LogP contribution in [-0.4, -0.2) is 65.3 Å². The van der Waals surface area contributed by atoms with Crippen molar-refractivity contribution in [1.82, 2.24) is 0 Å². The fourth-order valence-corrected chi connectivity index (χ4v) is 7.30. The van der Waals surface area contributed by atoms with Crippen LogP contribution < -0.4 is 0 Å². The van der Waals surface area contributed by atoms with Crippen LogP contribution in [0.3, 0.4) is 0 Å². The molecule has 0 bridgehead atoms. The van der Waals surface area contributed by atoms with Crippen molar-refractivity contribution in [1.29, 1.82) is 0 Å². The fourth-order valence-electron chi connectivity index (χ4n) is 7.30. The van der Waals surface area contributed by atoms with Gasteiger partial charge in [-0.1, -0.05) is 34.4 Å². The number of esters is 4. The van der Waals surface area contributed by atoms with Crippen molar-refractivity contribution in [3.8, 4) is 0 Å². The minimum atomic E-state index is -0.969. The molecular formula is C40H56O10. The lowest BCUT2D eigenvalue weighted by molar-refractivity contribution is -0.156. The van der Waals surface area contributed by atoms with E-state index in [1.54, 1.807) is 6.08 Å². The van der Waals surface area contributed by atoms with E-state index in [1.165, 1.54) is 31.1 Å². The van der Waals surface area contributed by atoms with Gasteiger partial charge in [0.25, 0.3) is 0 Å². The zero-order valence-electron chi connectivity index (χ0n) is 31.0. The Morgan fingerprint density at radius 1 is 0.780 bits per heavy atom. The Bertz CT molecular complexity index is 1440. The van der Waals surface area contributed by atoms with Gasteiger partial charge < -0.3 is 24.1 Å². The summed E-state index contributed by atoms with van der Waals surface area (Å²) in [5.74, 6) is -1.55. The average Bonchev–Trinajstić information content (AvgIpc) is 3.46. The largest absolute Gasteiger partial charge is 0.463 e. The van der Waals surface area contributed by atoms with E-state index in [2.05, 4.69) is 39.8 Å². The van der Waals surface area contributed by atoms with E-state index in [9.17, 15) is 29.1 Å². The molecule has 0 aromatic carbocycles. The Hall–Kier alpha value is -3.79. The van der Waals surface area contributed by atoms with Crippen LogP contribution in [0.25, 0.3) is 0 Å². The number of allylic oxidation sites excluding steroid dienone is 7. The first kappa shape index (κ1) is 40.6. The van der Waals surface area contributed by atoms with E-state index in [4.69, 9.17) is 18.9 Å². The van der Waals surface area contributed by atoms with Crippen molar-refractivity contribution in [3.05, 3.63) is 58.7 Å². The van der Waals surface area contributed by atoms with Crippen molar-refractivity contribution in [2.45, 2.75) is 150 Å². The summed E-state index contributed by atoms with van der Waals surface area (Å²) in [4.78, 5) is 59.1. The third-order valence-corrected chi connectivity index (χ3v) is 9.82. The SMILES string of the molecule is CC(=O)O[C@@H]1C=CC(=O)C2(CC(=O)O[C@@H]2/C=C(\C)CCC=C(C)C)C1.CC(=O)O[C@@H]1CCC(O)C2(CC(=O)O[C@@H]2/C=C(\C)CCC=C(C)C)C1. The van der Waals surface area contributed by atoms with E-state index in [1.807, 2.05) is 26.0 Å². The number of cyclic esters (lactones) is 2. The highest BCUT2D eigenvalue weighted by Crippen LogP contribution is 2.49. The van der Waals surface area contributed by atoms with Gasteiger partial charge in [0.1, 0.15) is 24.4 Å². The maximum Gasteiger partial charge on any atom is 0.307 e. The number of hydrogen-bond donors (Lipinski definition) is 1. The van der Waals surface area contributed by atoms with Gasteiger partial charge in [-0.15, -0.1) is 0 Å². The van der Waals surface area contributed by atoms with Gasteiger partial charge in [0.15, 0.2) is 5.78 Å². The topological polar surface area (TPSA) is 142 Å². The van der Waals surface area contributed by atoms with Crippen LogP contribution in [0.2, 0.25) is 0 Å². The second-order valence-electron chi connectivity index (χ2n) is 14.8. The van der Waals surface area contributed by atoms with Gasteiger partial charge in [-0.25, -0.2) is 0 Å². The number of aliphatic hydroxyl groups excluding tert-OH is 1. The number of carbonyl (C=O) groups excluding carboxylic acids is 5. The fraction of sp³-hybridized carbons (Fsp3) is 0.625. The van der Waals surface area contributed by atoms with Crippen molar-refractivity contribution in [2.24, 2.45) is 10.8 Å². The summed E-state index contributed by atoms with van der Waals surface area (Å²) in [6, 6.07) is 0. The van der Waals surface area contributed by atoms with Crippen LogP contribution >= 0.6 is 0 Å². The van der Waals surface area contributed by atoms with Crippen LogP contribution in [0.1, 0.15) is 120 Å². The molecule has 4 rings (SSSR count). The Morgan fingerprint density at radius 2 is 1.32 bits per heavy atom. The summed E-state index contributed by atoms with van der Waals surface area (Å²) < 4.78 is 21.6. The zero-order valence-corrected chi connectivity index (χ0v) is 31.0. The first-order valence-electron chi connectivity index (χ1n) is 17.7. The van der Waals surface area contributed by atoms with Crippen molar-refractivity contribution in [3.63, 3.8) is 0 Å². The molecule has 276 valence electrons. The van der Waals surface area contributed by atoms with E-state index in [0.29, 0.717) is 19.3 Å². The number of ether oxygens (including phenoxy) is 4. The normalized spacial score (nSPS) is 30.7. The Morgan fingerprint density at radius 3 is 1.88 bits per heavy atom. The number of hydrogen-bond acceptors (Lipinski definition) is 10. The molecule has 0 amide bonds. The van der Waals surface area contributed by atoms with Gasteiger partial charge in [-0.05, 0) is 111 Å². The van der Waals surface area contributed by atoms with E-state index in [0.717, 1.165) is 36.8 Å². The number of carbonyl (C=O) groups is 5. The molecule has 7 atom stereocenters. The molecule has 2 aliphatic carbocycles. The third-order valence-electron chi connectivity index (χ3n) is 9.82. The van der Waals surface area contributed by atoms with Crippen LogP contribution in [0.5, 0.6) is 0 Å². The maximum absolute atomic E-state index is 12.6. The highest BCUT2D eigenvalue weighted by molar-refractivity contribution is 6.00. The highest BCUT2D eigenvalue weighted by atomic mass is 16.6. The molecule has 10 nitrogen and oxygen atoms in total. The molecule has 0 aromatic heterocycles.